The zero-order valence-electron chi connectivity index (χ0n) is 10.9. The van der Waals surface area contributed by atoms with E-state index >= 15 is 0 Å². The van der Waals surface area contributed by atoms with Gasteiger partial charge in [0.05, 0.1) is 11.8 Å². The standard InChI is InChI=1S/C16H14N2O2/c19-16(14-9-15-13(17-14)6-8-20-15)18-7-5-11-3-1-2-4-12(11)10-18/h1-4,6,8-9,17H,5,7,10H2. The number of hydrogen-bond acceptors (Lipinski definition) is 2. The molecule has 0 saturated heterocycles. The summed E-state index contributed by atoms with van der Waals surface area (Å²) in [5.41, 5.74) is 4.77. The highest BCUT2D eigenvalue weighted by molar-refractivity contribution is 5.96. The molecule has 0 fully saturated rings. The molecule has 3 heterocycles. The van der Waals surface area contributed by atoms with Crippen molar-refractivity contribution < 1.29 is 9.21 Å². The third-order valence-electron chi connectivity index (χ3n) is 3.89. The average molecular weight is 266 g/mol. The Bertz CT molecular complexity index is 756. The van der Waals surface area contributed by atoms with Crippen LogP contribution in [-0.2, 0) is 13.0 Å². The summed E-state index contributed by atoms with van der Waals surface area (Å²) in [6, 6.07) is 11.9. The molecular formula is C16H14N2O2. The van der Waals surface area contributed by atoms with Gasteiger partial charge in [0.25, 0.3) is 5.91 Å². The first-order valence-electron chi connectivity index (χ1n) is 6.73. The van der Waals surface area contributed by atoms with Crippen LogP contribution in [0.3, 0.4) is 0 Å². The van der Waals surface area contributed by atoms with Crippen LogP contribution in [0.5, 0.6) is 0 Å². The van der Waals surface area contributed by atoms with E-state index in [1.165, 1.54) is 11.1 Å². The van der Waals surface area contributed by atoms with Gasteiger partial charge in [-0.05, 0) is 17.5 Å². The molecule has 1 amide bonds. The van der Waals surface area contributed by atoms with Crippen LogP contribution in [0.15, 0.2) is 47.1 Å². The van der Waals surface area contributed by atoms with Crippen LogP contribution in [0.4, 0.5) is 0 Å². The molecule has 3 aromatic rings. The van der Waals surface area contributed by atoms with E-state index in [4.69, 9.17) is 4.42 Å². The first-order chi connectivity index (χ1) is 9.81. The third-order valence-corrected chi connectivity index (χ3v) is 3.89. The Hall–Kier alpha value is -2.49. The molecule has 0 spiro atoms. The van der Waals surface area contributed by atoms with Crippen LogP contribution in [0.2, 0.25) is 0 Å². The highest BCUT2D eigenvalue weighted by atomic mass is 16.3. The summed E-state index contributed by atoms with van der Waals surface area (Å²) < 4.78 is 5.29. The minimum atomic E-state index is 0.0332. The predicted molar refractivity (Wildman–Crippen MR) is 75.5 cm³/mol. The van der Waals surface area contributed by atoms with E-state index in [0.29, 0.717) is 12.2 Å². The summed E-state index contributed by atoms with van der Waals surface area (Å²) in [6.45, 7) is 1.44. The molecule has 4 nitrogen and oxygen atoms in total. The summed E-state index contributed by atoms with van der Waals surface area (Å²) >= 11 is 0. The summed E-state index contributed by atoms with van der Waals surface area (Å²) in [6.07, 6.45) is 2.53. The lowest BCUT2D eigenvalue weighted by Gasteiger charge is -2.28. The Balaban J connectivity index is 1.62. The molecule has 0 radical (unpaired) electrons. The second-order valence-electron chi connectivity index (χ2n) is 5.13. The van der Waals surface area contributed by atoms with Crippen molar-refractivity contribution in [2.75, 3.05) is 6.54 Å². The van der Waals surface area contributed by atoms with Crippen molar-refractivity contribution in [1.29, 1.82) is 0 Å². The number of carbonyl (C=O) groups is 1. The van der Waals surface area contributed by atoms with E-state index in [1.54, 1.807) is 12.3 Å². The van der Waals surface area contributed by atoms with E-state index in [-0.39, 0.29) is 5.91 Å². The third kappa shape index (κ3) is 1.72. The molecule has 0 saturated carbocycles. The molecule has 4 rings (SSSR count). The number of rotatable bonds is 1. The fourth-order valence-electron chi connectivity index (χ4n) is 2.80. The molecule has 4 heteroatoms. The van der Waals surface area contributed by atoms with Gasteiger partial charge in [0, 0.05) is 25.2 Å². The Morgan fingerprint density at radius 1 is 1.20 bits per heavy atom. The van der Waals surface area contributed by atoms with Crippen molar-refractivity contribution in [1.82, 2.24) is 9.88 Å². The van der Waals surface area contributed by atoms with Gasteiger partial charge in [-0.1, -0.05) is 24.3 Å². The fraction of sp³-hybridized carbons (Fsp3) is 0.188. The van der Waals surface area contributed by atoms with Crippen LogP contribution in [0.25, 0.3) is 11.1 Å². The molecule has 0 unspecified atom stereocenters. The lowest BCUT2D eigenvalue weighted by molar-refractivity contribution is 0.0729. The van der Waals surface area contributed by atoms with Crippen molar-refractivity contribution >= 4 is 17.0 Å². The number of aromatic amines is 1. The van der Waals surface area contributed by atoms with Crippen molar-refractivity contribution in [2.24, 2.45) is 0 Å². The first kappa shape index (κ1) is 11.3. The lowest BCUT2D eigenvalue weighted by Crippen LogP contribution is -2.36. The second kappa shape index (κ2) is 4.27. The number of aromatic nitrogens is 1. The normalized spacial score (nSPS) is 14.5. The Morgan fingerprint density at radius 3 is 2.90 bits per heavy atom. The van der Waals surface area contributed by atoms with Crippen LogP contribution in [0.1, 0.15) is 21.6 Å². The fourth-order valence-corrected chi connectivity index (χ4v) is 2.80. The van der Waals surface area contributed by atoms with E-state index < -0.39 is 0 Å². The van der Waals surface area contributed by atoms with Gasteiger partial charge >= 0.3 is 0 Å². The highest BCUT2D eigenvalue weighted by Crippen LogP contribution is 2.22. The molecule has 20 heavy (non-hydrogen) atoms. The molecule has 0 aliphatic carbocycles. The zero-order valence-corrected chi connectivity index (χ0v) is 10.9. The summed E-state index contributed by atoms with van der Waals surface area (Å²) in [4.78, 5) is 17.5. The second-order valence-corrected chi connectivity index (χ2v) is 5.13. The highest BCUT2D eigenvalue weighted by Gasteiger charge is 2.23. The summed E-state index contributed by atoms with van der Waals surface area (Å²) in [5, 5.41) is 0. The van der Waals surface area contributed by atoms with E-state index in [1.807, 2.05) is 17.0 Å². The molecule has 1 aliphatic heterocycles. The van der Waals surface area contributed by atoms with Gasteiger partial charge in [-0.25, -0.2) is 0 Å². The van der Waals surface area contributed by atoms with E-state index in [9.17, 15) is 4.79 Å². The van der Waals surface area contributed by atoms with Crippen molar-refractivity contribution in [3.8, 4) is 0 Å². The molecule has 1 aliphatic rings. The van der Waals surface area contributed by atoms with Crippen LogP contribution < -0.4 is 0 Å². The van der Waals surface area contributed by atoms with E-state index in [0.717, 1.165) is 24.1 Å². The smallest absolute Gasteiger partial charge is 0.270 e. The summed E-state index contributed by atoms with van der Waals surface area (Å²) in [5.74, 6) is 0.0332. The van der Waals surface area contributed by atoms with Crippen LogP contribution in [0, 0.1) is 0 Å². The number of nitrogens with zero attached hydrogens (tertiary/aromatic N) is 1. The minimum absolute atomic E-state index is 0.0332. The van der Waals surface area contributed by atoms with Gasteiger partial charge in [-0.3, -0.25) is 4.79 Å². The predicted octanol–water partition coefficient (Wildman–Crippen LogP) is 2.96. The quantitative estimate of drug-likeness (QED) is 0.736. The number of benzene rings is 1. The van der Waals surface area contributed by atoms with Crippen LogP contribution >= 0.6 is 0 Å². The molecule has 1 aromatic carbocycles. The largest absolute Gasteiger partial charge is 0.463 e. The van der Waals surface area contributed by atoms with Crippen molar-refractivity contribution in [3.63, 3.8) is 0 Å². The number of furan rings is 1. The Morgan fingerprint density at radius 2 is 2.05 bits per heavy atom. The maximum absolute atomic E-state index is 12.5. The number of amides is 1. The van der Waals surface area contributed by atoms with E-state index in [2.05, 4.69) is 23.2 Å². The minimum Gasteiger partial charge on any atom is -0.463 e. The number of nitrogens with one attached hydrogen (secondary N) is 1. The van der Waals surface area contributed by atoms with Gasteiger partial charge in [0.1, 0.15) is 5.69 Å². The number of H-pyrrole nitrogens is 1. The molecule has 100 valence electrons. The lowest BCUT2D eigenvalue weighted by atomic mass is 10.00. The van der Waals surface area contributed by atoms with Gasteiger partial charge in [0.2, 0.25) is 0 Å². The zero-order chi connectivity index (χ0) is 13.5. The molecule has 2 aromatic heterocycles. The monoisotopic (exact) mass is 266 g/mol. The maximum Gasteiger partial charge on any atom is 0.270 e. The number of fused-ring (bicyclic) bond motifs is 2. The number of carbonyl (C=O) groups excluding carboxylic acids is 1. The van der Waals surface area contributed by atoms with Gasteiger partial charge in [-0.2, -0.15) is 0 Å². The van der Waals surface area contributed by atoms with Gasteiger partial charge in [0.15, 0.2) is 5.58 Å². The van der Waals surface area contributed by atoms with Gasteiger partial charge < -0.3 is 14.3 Å². The summed E-state index contributed by atoms with van der Waals surface area (Å²) in [7, 11) is 0. The SMILES string of the molecule is O=C(c1cc2occc2[nH]1)N1CCc2ccccc2C1. The molecule has 1 N–H and O–H groups in total. The Labute approximate surface area is 116 Å². The van der Waals surface area contributed by atoms with Crippen molar-refractivity contribution in [2.45, 2.75) is 13.0 Å². The average Bonchev–Trinajstić information content (AvgIpc) is 3.07. The maximum atomic E-state index is 12.5. The molecule has 0 atom stereocenters. The van der Waals surface area contributed by atoms with Gasteiger partial charge in [-0.15, -0.1) is 0 Å². The topological polar surface area (TPSA) is 49.2 Å². The molecular weight excluding hydrogens is 252 g/mol. The Kier molecular flexibility index (Phi) is 2.42. The number of hydrogen-bond donors (Lipinski definition) is 1. The first-order valence-corrected chi connectivity index (χ1v) is 6.73. The molecule has 0 bridgehead atoms. The van der Waals surface area contributed by atoms with Crippen molar-refractivity contribution in [3.05, 3.63) is 59.5 Å². The van der Waals surface area contributed by atoms with Crippen LogP contribution in [-0.4, -0.2) is 22.3 Å².